The van der Waals surface area contributed by atoms with E-state index < -0.39 is 66.9 Å². The number of esters is 1. The molecule has 3 rings (SSSR count). The standard InChI is InChI=1S/C24H26O13/c25-10-18-20(30)21(31)22(32)24(37-18)36-16-5-2-11(7-15(16)28)3-6-19(29)35-17(23(33)34)9-12-1-4-13(26)14(27)8-12/h1-8,17-18,20-22,24-28,30-32H,9-10H2,(H,33,34)/t17-,18+,20+,21-,22+,24+/m0/s1. The van der Waals surface area contributed by atoms with Crippen molar-refractivity contribution in [2.75, 3.05) is 6.61 Å². The molecule has 1 aliphatic rings. The fraction of sp³-hybridized carbons (Fsp3) is 0.333. The van der Waals surface area contributed by atoms with Crippen LogP contribution in [0, 0.1) is 0 Å². The first-order chi connectivity index (χ1) is 17.5. The smallest absolute Gasteiger partial charge is 0.345 e. The van der Waals surface area contributed by atoms with Crippen molar-refractivity contribution in [3.8, 4) is 23.0 Å². The van der Waals surface area contributed by atoms with Crippen LogP contribution in [0.15, 0.2) is 42.5 Å². The van der Waals surface area contributed by atoms with Gasteiger partial charge in [0.25, 0.3) is 0 Å². The van der Waals surface area contributed by atoms with Crippen LogP contribution >= 0.6 is 0 Å². The second kappa shape index (κ2) is 11.9. The maximum absolute atomic E-state index is 12.2. The first kappa shape index (κ1) is 27.7. The minimum Gasteiger partial charge on any atom is -0.504 e. The Hall–Kier alpha value is -3.88. The summed E-state index contributed by atoms with van der Waals surface area (Å²) in [6.45, 7) is -0.656. The first-order valence-corrected chi connectivity index (χ1v) is 10.9. The van der Waals surface area contributed by atoms with Gasteiger partial charge in [-0.15, -0.1) is 0 Å². The number of benzene rings is 2. The Balaban J connectivity index is 1.63. The summed E-state index contributed by atoms with van der Waals surface area (Å²) in [7, 11) is 0. The van der Waals surface area contributed by atoms with E-state index in [9.17, 15) is 50.4 Å². The number of rotatable bonds is 9. The molecule has 0 radical (unpaired) electrons. The van der Waals surface area contributed by atoms with Crippen LogP contribution in [0.2, 0.25) is 0 Å². The number of aromatic hydroxyl groups is 3. The number of carbonyl (C=O) groups is 2. The lowest BCUT2D eigenvalue weighted by molar-refractivity contribution is -0.277. The van der Waals surface area contributed by atoms with Crippen LogP contribution in [0.25, 0.3) is 6.08 Å². The minimum atomic E-state index is -1.68. The van der Waals surface area contributed by atoms with Crippen molar-refractivity contribution in [1.29, 1.82) is 0 Å². The Morgan fingerprint density at radius 2 is 1.68 bits per heavy atom. The summed E-state index contributed by atoms with van der Waals surface area (Å²) in [6, 6.07) is 7.52. The second-order valence-corrected chi connectivity index (χ2v) is 8.17. The summed E-state index contributed by atoms with van der Waals surface area (Å²) in [6.07, 6.45) is -7.33. The Kier molecular flexibility index (Phi) is 8.91. The molecule has 0 saturated carbocycles. The van der Waals surface area contributed by atoms with Crippen LogP contribution in [0.1, 0.15) is 11.1 Å². The van der Waals surface area contributed by atoms with Crippen LogP contribution in [0.5, 0.6) is 23.0 Å². The van der Waals surface area contributed by atoms with Gasteiger partial charge in [-0.2, -0.15) is 0 Å². The molecule has 0 spiro atoms. The SMILES string of the molecule is O=C(C=Cc1ccc(O[C@@H]2O[C@H](CO)[C@@H](O)[C@H](O)[C@H]2O)c(O)c1)O[C@@H](Cc1ccc(O)c(O)c1)C(=O)O. The normalized spacial score (nSPS) is 24.5. The quantitative estimate of drug-likeness (QED) is 0.115. The molecule has 0 aliphatic carbocycles. The van der Waals surface area contributed by atoms with Gasteiger partial charge in [0.2, 0.25) is 12.4 Å². The number of aliphatic carboxylic acids is 1. The van der Waals surface area contributed by atoms with Crippen molar-refractivity contribution in [2.24, 2.45) is 0 Å². The number of carbonyl (C=O) groups excluding carboxylic acids is 1. The fourth-order valence-electron chi connectivity index (χ4n) is 3.46. The van der Waals surface area contributed by atoms with E-state index in [1.54, 1.807) is 0 Å². The molecule has 200 valence electrons. The topological polar surface area (TPSA) is 224 Å². The molecule has 1 aliphatic heterocycles. The number of aliphatic hydroxyl groups is 4. The summed E-state index contributed by atoms with van der Waals surface area (Å²) in [4.78, 5) is 23.6. The number of phenols is 3. The Labute approximate surface area is 209 Å². The highest BCUT2D eigenvalue weighted by atomic mass is 16.7. The molecule has 0 unspecified atom stereocenters. The average molecular weight is 522 g/mol. The van der Waals surface area contributed by atoms with Crippen molar-refractivity contribution in [3.05, 3.63) is 53.6 Å². The van der Waals surface area contributed by atoms with Crippen LogP contribution in [-0.4, -0.2) is 96.2 Å². The van der Waals surface area contributed by atoms with Crippen molar-refractivity contribution in [1.82, 2.24) is 0 Å². The molecule has 2 aromatic rings. The van der Waals surface area contributed by atoms with Crippen LogP contribution in [-0.2, 0) is 25.5 Å². The number of ether oxygens (including phenoxy) is 3. The van der Waals surface area contributed by atoms with E-state index in [2.05, 4.69) is 0 Å². The van der Waals surface area contributed by atoms with Crippen LogP contribution in [0.4, 0.5) is 0 Å². The third-order valence-corrected chi connectivity index (χ3v) is 5.48. The first-order valence-electron chi connectivity index (χ1n) is 10.9. The maximum atomic E-state index is 12.2. The van der Waals surface area contributed by atoms with E-state index in [4.69, 9.17) is 14.2 Å². The van der Waals surface area contributed by atoms with E-state index in [0.717, 1.165) is 12.1 Å². The summed E-state index contributed by atoms with van der Waals surface area (Å²) in [5.41, 5.74) is 0.588. The number of aliphatic hydroxyl groups excluding tert-OH is 4. The molecule has 6 atom stereocenters. The lowest BCUT2D eigenvalue weighted by Crippen LogP contribution is -2.60. The van der Waals surface area contributed by atoms with Gasteiger partial charge < -0.3 is 55.1 Å². The summed E-state index contributed by atoms with van der Waals surface area (Å²) in [5, 5.41) is 77.4. The molecule has 13 heteroatoms. The highest BCUT2D eigenvalue weighted by molar-refractivity contribution is 5.89. The van der Waals surface area contributed by atoms with E-state index >= 15 is 0 Å². The molecule has 8 N–H and O–H groups in total. The van der Waals surface area contributed by atoms with E-state index in [1.165, 1.54) is 36.4 Å². The highest BCUT2D eigenvalue weighted by Gasteiger charge is 2.44. The molecular weight excluding hydrogens is 496 g/mol. The van der Waals surface area contributed by atoms with Crippen molar-refractivity contribution in [2.45, 2.75) is 43.2 Å². The Bertz CT molecular complexity index is 1150. The molecule has 0 bridgehead atoms. The minimum absolute atomic E-state index is 0.174. The van der Waals surface area contributed by atoms with Gasteiger partial charge in [-0.1, -0.05) is 12.1 Å². The summed E-state index contributed by atoms with van der Waals surface area (Å²) < 4.78 is 15.5. The molecule has 1 heterocycles. The highest BCUT2D eigenvalue weighted by Crippen LogP contribution is 2.31. The van der Waals surface area contributed by atoms with Gasteiger partial charge in [0.15, 0.2) is 23.0 Å². The number of hydrogen-bond acceptors (Lipinski definition) is 12. The lowest BCUT2D eigenvalue weighted by atomic mass is 9.99. The predicted molar refractivity (Wildman–Crippen MR) is 123 cm³/mol. The summed E-state index contributed by atoms with van der Waals surface area (Å²) in [5.74, 6) is -3.89. The van der Waals surface area contributed by atoms with Gasteiger partial charge in [0.05, 0.1) is 6.61 Å². The molecule has 2 aromatic carbocycles. The second-order valence-electron chi connectivity index (χ2n) is 8.17. The van der Waals surface area contributed by atoms with Crippen molar-refractivity contribution in [3.63, 3.8) is 0 Å². The molecule has 1 fully saturated rings. The van der Waals surface area contributed by atoms with Gasteiger partial charge >= 0.3 is 11.9 Å². The molecule has 0 aromatic heterocycles. The lowest BCUT2D eigenvalue weighted by Gasteiger charge is -2.39. The zero-order valence-electron chi connectivity index (χ0n) is 19.1. The zero-order chi connectivity index (χ0) is 27.3. The van der Waals surface area contributed by atoms with E-state index in [-0.39, 0.29) is 23.5 Å². The molecule has 0 amide bonds. The predicted octanol–water partition coefficient (Wildman–Crippen LogP) is -0.766. The number of phenolic OH excluding ortho intramolecular Hbond substituents is 3. The van der Waals surface area contributed by atoms with Gasteiger partial charge in [0, 0.05) is 12.5 Å². The van der Waals surface area contributed by atoms with Crippen LogP contribution < -0.4 is 4.74 Å². The monoisotopic (exact) mass is 522 g/mol. The third kappa shape index (κ3) is 6.87. The molecular formula is C24H26O13. The maximum Gasteiger partial charge on any atom is 0.345 e. The summed E-state index contributed by atoms with van der Waals surface area (Å²) >= 11 is 0. The van der Waals surface area contributed by atoms with Crippen molar-refractivity contribution < 1.29 is 64.7 Å². The molecule has 13 nitrogen and oxygen atoms in total. The zero-order valence-corrected chi connectivity index (χ0v) is 19.1. The van der Waals surface area contributed by atoms with Gasteiger partial charge in [-0.05, 0) is 41.5 Å². The molecule has 1 saturated heterocycles. The number of carboxylic acids is 1. The number of carboxylic acid groups (broad SMARTS) is 1. The Morgan fingerprint density at radius 3 is 2.30 bits per heavy atom. The van der Waals surface area contributed by atoms with Gasteiger partial charge in [-0.3, -0.25) is 0 Å². The fourth-order valence-corrected chi connectivity index (χ4v) is 3.46. The van der Waals surface area contributed by atoms with E-state index in [0.29, 0.717) is 5.56 Å². The largest absolute Gasteiger partial charge is 0.504 e. The average Bonchev–Trinajstić information content (AvgIpc) is 2.86. The van der Waals surface area contributed by atoms with Crippen molar-refractivity contribution >= 4 is 18.0 Å². The number of hydrogen-bond donors (Lipinski definition) is 8. The third-order valence-electron chi connectivity index (χ3n) is 5.48. The van der Waals surface area contributed by atoms with Gasteiger partial charge in [0.1, 0.15) is 24.4 Å². The van der Waals surface area contributed by atoms with E-state index in [1.807, 2.05) is 0 Å². The van der Waals surface area contributed by atoms with Crippen LogP contribution in [0.3, 0.4) is 0 Å². The van der Waals surface area contributed by atoms with Gasteiger partial charge in [-0.25, -0.2) is 9.59 Å². The molecule has 37 heavy (non-hydrogen) atoms. The Morgan fingerprint density at radius 1 is 0.946 bits per heavy atom.